The fourth-order valence-electron chi connectivity index (χ4n) is 2.30. The van der Waals surface area contributed by atoms with Gasteiger partial charge in [0, 0.05) is 25.2 Å². The Morgan fingerprint density at radius 1 is 1.26 bits per heavy atom. The molecule has 1 aromatic rings. The van der Waals surface area contributed by atoms with Crippen molar-refractivity contribution in [1.82, 2.24) is 14.9 Å². The van der Waals surface area contributed by atoms with Gasteiger partial charge in [0.25, 0.3) is 5.91 Å². The van der Waals surface area contributed by atoms with Crippen LogP contribution in [0, 0.1) is 0 Å². The van der Waals surface area contributed by atoms with Crippen LogP contribution in [0.1, 0.15) is 16.8 Å². The van der Waals surface area contributed by atoms with E-state index >= 15 is 0 Å². The normalized spacial score (nSPS) is 16.2. The average Bonchev–Trinajstić information content (AvgIpc) is 2.59. The largest absolute Gasteiger partial charge is 0.379 e. The molecular weight excluding hydrogens is 318 g/mol. The third kappa shape index (κ3) is 4.74. The van der Waals surface area contributed by atoms with E-state index in [0.717, 1.165) is 13.0 Å². The Hall–Kier alpha value is -1.48. The van der Waals surface area contributed by atoms with Crippen molar-refractivity contribution >= 4 is 15.9 Å². The Labute approximate surface area is 137 Å². The van der Waals surface area contributed by atoms with Crippen LogP contribution in [0.15, 0.2) is 29.2 Å². The molecule has 0 atom stereocenters. The summed E-state index contributed by atoms with van der Waals surface area (Å²) in [6, 6.07) is 6.16. The van der Waals surface area contributed by atoms with Gasteiger partial charge in [0.2, 0.25) is 10.0 Å². The number of nitrogens with zero attached hydrogens (tertiary/aromatic N) is 1. The molecule has 1 saturated heterocycles. The predicted molar refractivity (Wildman–Crippen MR) is 86.9 cm³/mol. The quantitative estimate of drug-likeness (QED) is 0.684. The summed E-state index contributed by atoms with van der Waals surface area (Å²) >= 11 is 0. The standard InChI is InChI=1S/C15H23N3O4S/c1-16-6-3-7-17-15(19)13-4-2-5-14(12-13)23(20,21)18-8-10-22-11-9-18/h2,4-5,12,16H,3,6-11H2,1H3,(H,17,19). The number of rotatable bonds is 7. The molecule has 0 unspecified atom stereocenters. The summed E-state index contributed by atoms with van der Waals surface area (Å²) in [7, 11) is -1.73. The third-order valence-electron chi connectivity index (χ3n) is 3.59. The molecule has 2 rings (SSSR count). The first-order chi connectivity index (χ1) is 11.1. The molecule has 8 heteroatoms. The molecule has 2 N–H and O–H groups in total. The molecule has 0 bridgehead atoms. The van der Waals surface area contributed by atoms with Crippen molar-refractivity contribution < 1.29 is 17.9 Å². The summed E-state index contributed by atoms with van der Waals surface area (Å²) in [5.74, 6) is -0.264. The second-order valence-corrected chi connectivity index (χ2v) is 7.20. The van der Waals surface area contributed by atoms with Crippen molar-refractivity contribution in [3.05, 3.63) is 29.8 Å². The van der Waals surface area contributed by atoms with Crippen molar-refractivity contribution in [3.63, 3.8) is 0 Å². The Morgan fingerprint density at radius 2 is 2.00 bits per heavy atom. The lowest BCUT2D eigenvalue weighted by atomic mass is 10.2. The van der Waals surface area contributed by atoms with Gasteiger partial charge in [0.15, 0.2) is 0 Å². The van der Waals surface area contributed by atoms with Gasteiger partial charge >= 0.3 is 0 Å². The summed E-state index contributed by atoms with van der Waals surface area (Å²) < 4.78 is 31.8. The molecule has 0 aromatic heterocycles. The van der Waals surface area contributed by atoms with E-state index in [-0.39, 0.29) is 10.8 Å². The van der Waals surface area contributed by atoms with E-state index in [0.29, 0.717) is 38.4 Å². The van der Waals surface area contributed by atoms with Crippen LogP contribution in [0.5, 0.6) is 0 Å². The molecule has 0 spiro atoms. The number of morpholine rings is 1. The molecule has 7 nitrogen and oxygen atoms in total. The minimum absolute atomic E-state index is 0.141. The topological polar surface area (TPSA) is 87.7 Å². The van der Waals surface area contributed by atoms with E-state index < -0.39 is 10.0 Å². The molecule has 1 heterocycles. The molecule has 1 fully saturated rings. The Balaban J connectivity index is 2.08. The first-order valence-electron chi connectivity index (χ1n) is 7.66. The Kier molecular flexibility index (Phi) is 6.52. The smallest absolute Gasteiger partial charge is 0.251 e. The van der Waals surface area contributed by atoms with Crippen LogP contribution in [0.25, 0.3) is 0 Å². The van der Waals surface area contributed by atoms with E-state index in [9.17, 15) is 13.2 Å². The molecule has 128 valence electrons. The second-order valence-electron chi connectivity index (χ2n) is 5.26. The SMILES string of the molecule is CNCCCNC(=O)c1cccc(S(=O)(=O)N2CCOCC2)c1. The van der Waals surface area contributed by atoms with Crippen molar-refractivity contribution in [3.8, 4) is 0 Å². The number of hydrogen-bond acceptors (Lipinski definition) is 5. The number of benzene rings is 1. The predicted octanol–water partition coefficient (Wildman–Crippen LogP) is 0.0468. The van der Waals surface area contributed by atoms with Gasteiger partial charge in [-0.2, -0.15) is 4.31 Å². The maximum atomic E-state index is 12.6. The lowest BCUT2D eigenvalue weighted by molar-refractivity contribution is 0.0730. The van der Waals surface area contributed by atoms with Crippen molar-refractivity contribution in [1.29, 1.82) is 0 Å². The van der Waals surface area contributed by atoms with Crippen LogP contribution < -0.4 is 10.6 Å². The van der Waals surface area contributed by atoms with Gasteiger partial charge in [-0.25, -0.2) is 8.42 Å². The zero-order chi connectivity index (χ0) is 16.7. The highest BCUT2D eigenvalue weighted by Gasteiger charge is 2.26. The zero-order valence-corrected chi connectivity index (χ0v) is 14.1. The number of hydrogen-bond donors (Lipinski definition) is 2. The monoisotopic (exact) mass is 341 g/mol. The summed E-state index contributed by atoms with van der Waals surface area (Å²) in [4.78, 5) is 12.2. The van der Waals surface area contributed by atoms with Crippen molar-refractivity contribution in [2.75, 3.05) is 46.4 Å². The number of nitrogens with one attached hydrogen (secondary N) is 2. The molecule has 0 saturated carbocycles. The molecule has 1 aromatic carbocycles. The maximum absolute atomic E-state index is 12.6. The summed E-state index contributed by atoms with van der Waals surface area (Å²) in [6.07, 6.45) is 0.813. The van der Waals surface area contributed by atoms with Crippen LogP contribution in [0.4, 0.5) is 0 Å². The highest BCUT2D eigenvalue weighted by Crippen LogP contribution is 2.18. The summed E-state index contributed by atoms with van der Waals surface area (Å²) in [6.45, 7) is 2.81. The third-order valence-corrected chi connectivity index (χ3v) is 5.49. The number of carbonyl (C=O) groups is 1. The van der Waals surface area contributed by atoms with Crippen LogP contribution in [0.3, 0.4) is 0 Å². The first-order valence-corrected chi connectivity index (χ1v) is 9.10. The van der Waals surface area contributed by atoms with E-state index in [1.54, 1.807) is 12.1 Å². The molecular formula is C15H23N3O4S. The molecule has 0 aliphatic carbocycles. The van der Waals surface area contributed by atoms with Gasteiger partial charge in [0.1, 0.15) is 0 Å². The van der Waals surface area contributed by atoms with Crippen LogP contribution >= 0.6 is 0 Å². The van der Waals surface area contributed by atoms with Gasteiger partial charge in [-0.15, -0.1) is 0 Å². The summed E-state index contributed by atoms with van der Waals surface area (Å²) in [5.41, 5.74) is 0.351. The zero-order valence-electron chi connectivity index (χ0n) is 13.2. The lowest BCUT2D eigenvalue weighted by Gasteiger charge is -2.26. The average molecular weight is 341 g/mol. The minimum Gasteiger partial charge on any atom is -0.379 e. The maximum Gasteiger partial charge on any atom is 0.251 e. The van der Waals surface area contributed by atoms with Gasteiger partial charge in [0.05, 0.1) is 18.1 Å². The highest BCUT2D eigenvalue weighted by molar-refractivity contribution is 7.89. The summed E-state index contributed by atoms with van der Waals surface area (Å²) in [5, 5.41) is 5.78. The van der Waals surface area contributed by atoms with Gasteiger partial charge in [-0.3, -0.25) is 4.79 Å². The molecule has 23 heavy (non-hydrogen) atoms. The lowest BCUT2D eigenvalue weighted by Crippen LogP contribution is -2.40. The van der Waals surface area contributed by atoms with Gasteiger partial charge in [-0.05, 0) is 38.2 Å². The van der Waals surface area contributed by atoms with Gasteiger partial charge in [-0.1, -0.05) is 6.07 Å². The Morgan fingerprint density at radius 3 is 2.70 bits per heavy atom. The minimum atomic E-state index is -3.58. The Bertz CT molecular complexity index is 627. The fourth-order valence-corrected chi connectivity index (χ4v) is 3.76. The van der Waals surface area contributed by atoms with Gasteiger partial charge < -0.3 is 15.4 Å². The number of carbonyl (C=O) groups excluding carboxylic acids is 1. The van der Waals surface area contributed by atoms with Crippen molar-refractivity contribution in [2.45, 2.75) is 11.3 Å². The first kappa shape index (κ1) is 17.9. The van der Waals surface area contributed by atoms with E-state index in [1.807, 2.05) is 7.05 Å². The number of amides is 1. The molecule has 1 aliphatic rings. The van der Waals surface area contributed by atoms with E-state index in [1.165, 1.54) is 16.4 Å². The highest BCUT2D eigenvalue weighted by atomic mass is 32.2. The molecule has 1 amide bonds. The molecule has 0 radical (unpaired) electrons. The molecule has 1 aliphatic heterocycles. The fraction of sp³-hybridized carbons (Fsp3) is 0.533. The van der Waals surface area contributed by atoms with Crippen LogP contribution in [-0.2, 0) is 14.8 Å². The van der Waals surface area contributed by atoms with Crippen molar-refractivity contribution in [2.24, 2.45) is 0 Å². The number of sulfonamides is 1. The van der Waals surface area contributed by atoms with E-state index in [4.69, 9.17) is 4.74 Å². The second kappa shape index (κ2) is 8.39. The van der Waals surface area contributed by atoms with E-state index in [2.05, 4.69) is 10.6 Å². The number of ether oxygens (including phenoxy) is 1. The van der Waals surface area contributed by atoms with Crippen LogP contribution in [0.2, 0.25) is 0 Å². The van der Waals surface area contributed by atoms with Crippen LogP contribution in [-0.4, -0.2) is 65.1 Å².